The average Bonchev–Trinajstić information content (AvgIpc) is 2.47. The molecule has 0 saturated heterocycles. The van der Waals surface area contributed by atoms with Crippen LogP contribution < -0.4 is 15.4 Å². The van der Waals surface area contributed by atoms with Crippen LogP contribution in [0.25, 0.3) is 0 Å². The molecule has 2 aromatic rings. The molecule has 0 amide bonds. The highest BCUT2D eigenvalue weighted by molar-refractivity contribution is 5.63. The first-order valence-electron chi connectivity index (χ1n) is 7.34. The molecule has 0 fully saturated rings. The number of benzene rings is 1. The molecule has 5 nitrogen and oxygen atoms in total. The van der Waals surface area contributed by atoms with Gasteiger partial charge in [-0.3, -0.25) is 0 Å². The van der Waals surface area contributed by atoms with E-state index in [1.165, 1.54) is 17.7 Å². The number of aryl methyl sites for hydroxylation is 1. The molecule has 0 saturated carbocycles. The van der Waals surface area contributed by atoms with E-state index >= 15 is 0 Å². The summed E-state index contributed by atoms with van der Waals surface area (Å²) in [4.78, 5) is 8.60. The van der Waals surface area contributed by atoms with E-state index in [1.54, 1.807) is 12.3 Å². The molecule has 0 aliphatic carbocycles. The second kappa shape index (κ2) is 5.99. The van der Waals surface area contributed by atoms with Crippen LogP contribution in [-0.2, 0) is 6.42 Å². The first-order valence-corrected chi connectivity index (χ1v) is 7.34. The average molecular weight is 284 g/mol. The molecule has 1 aromatic carbocycles. The molecule has 21 heavy (non-hydrogen) atoms. The molecule has 110 valence electrons. The van der Waals surface area contributed by atoms with Crippen LogP contribution in [-0.4, -0.2) is 22.6 Å². The number of fused-ring (bicyclic) bond motifs is 1. The van der Waals surface area contributed by atoms with Crippen LogP contribution in [0, 0.1) is 0 Å². The van der Waals surface area contributed by atoms with Gasteiger partial charge >= 0.3 is 0 Å². The van der Waals surface area contributed by atoms with Crippen molar-refractivity contribution in [3.05, 3.63) is 36.0 Å². The summed E-state index contributed by atoms with van der Waals surface area (Å²) in [6, 6.07) is 8.06. The fraction of sp³-hybridized carbons (Fsp3) is 0.375. The maximum absolute atomic E-state index is 5.58. The lowest BCUT2D eigenvalue weighted by Crippen LogP contribution is -2.12. The van der Waals surface area contributed by atoms with Crippen LogP contribution in [0.15, 0.2) is 30.5 Å². The van der Waals surface area contributed by atoms with Gasteiger partial charge in [0.2, 0.25) is 11.8 Å². The standard InChI is InChI=1S/C16H20N4O/c1-11(2)21-15-7-9-18-16(20-15)19-13-5-6-14-12(10-13)4-3-8-17-14/h5-7,9-11,17H,3-4,8H2,1-2H3,(H,18,19,20). The summed E-state index contributed by atoms with van der Waals surface area (Å²) in [5.41, 5.74) is 3.56. The van der Waals surface area contributed by atoms with Crippen LogP contribution in [0.3, 0.4) is 0 Å². The lowest BCUT2D eigenvalue weighted by Gasteiger charge is -2.18. The van der Waals surface area contributed by atoms with Crippen molar-refractivity contribution in [2.75, 3.05) is 17.2 Å². The second-order valence-corrected chi connectivity index (χ2v) is 5.41. The summed E-state index contributed by atoms with van der Waals surface area (Å²) in [6.07, 6.45) is 4.08. The fourth-order valence-electron chi connectivity index (χ4n) is 2.39. The summed E-state index contributed by atoms with van der Waals surface area (Å²) in [5.74, 6) is 1.14. The minimum absolute atomic E-state index is 0.0996. The normalized spacial score (nSPS) is 13.5. The highest BCUT2D eigenvalue weighted by atomic mass is 16.5. The fourth-order valence-corrected chi connectivity index (χ4v) is 2.39. The molecule has 5 heteroatoms. The molecule has 3 rings (SSSR count). The summed E-state index contributed by atoms with van der Waals surface area (Å²) in [6.45, 7) is 5.01. The molecular formula is C16H20N4O. The van der Waals surface area contributed by atoms with Crippen LogP contribution >= 0.6 is 0 Å². The van der Waals surface area contributed by atoms with Crippen molar-refractivity contribution in [2.45, 2.75) is 32.8 Å². The highest BCUT2D eigenvalue weighted by Gasteiger charge is 2.09. The first kappa shape index (κ1) is 13.7. The van der Waals surface area contributed by atoms with Gasteiger partial charge in [-0.1, -0.05) is 0 Å². The Morgan fingerprint density at radius 2 is 2.19 bits per heavy atom. The van der Waals surface area contributed by atoms with Gasteiger partial charge in [0.15, 0.2) is 0 Å². The minimum Gasteiger partial charge on any atom is -0.475 e. The van der Waals surface area contributed by atoms with Gasteiger partial charge in [-0.25, -0.2) is 4.98 Å². The lowest BCUT2D eigenvalue weighted by atomic mass is 10.0. The molecule has 2 N–H and O–H groups in total. The van der Waals surface area contributed by atoms with Crippen molar-refractivity contribution in [3.8, 4) is 5.88 Å². The van der Waals surface area contributed by atoms with E-state index < -0.39 is 0 Å². The zero-order valence-corrected chi connectivity index (χ0v) is 12.4. The summed E-state index contributed by atoms with van der Waals surface area (Å²) in [5, 5.41) is 6.64. The number of aromatic nitrogens is 2. The zero-order chi connectivity index (χ0) is 14.7. The van der Waals surface area contributed by atoms with Gasteiger partial charge in [-0.15, -0.1) is 0 Å². The van der Waals surface area contributed by atoms with Crippen LogP contribution in [0.5, 0.6) is 5.88 Å². The number of anilines is 3. The Morgan fingerprint density at radius 1 is 1.29 bits per heavy atom. The summed E-state index contributed by atoms with van der Waals surface area (Å²) < 4.78 is 5.58. The highest BCUT2D eigenvalue weighted by Crippen LogP contribution is 2.26. The second-order valence-electron chi connectivity index (χ2n) is 5.41. The predicted molar refractivity (Wildman–Crippen MR) is 84.3 cm³/mol. The Balaban J connectivity index is 1.77. The van der Waals surface area contributed by atoms with E-state index in [0.29, 0.717) is 11.8 Å². The van der Waals surface area contributed by atoms with Crippen molar-refractivity contribution in [1.82, 2.24) is 9.97 Å². The molecule has 0 unspecified atom stereocenters. The molecule has 2 heterocycles. The quantitative estimate of drug-likeness (QED) is 0.901. The first-order chi connectivity index (χ1) is 10.2. The molecule has 0 spiro atoms. The van der Waals surface area contributed by atoms with Crippen LogP contribution in [0.4, 0.5) is 17.3 Å². The molecule has 0 atom stereocenters. The Morgan fingerprint density at radius 3 is 3.05 bits per heavy atom. The van der Waals surface area contributed by atoms with E-state index in [1.807, 2.05) is 19.9 Å². The van der Waals surface area contributed by atoms with Crippen molar-refractivity contribution in [1.29, 1.82) is 0 Å². The number of nitrogens with one attached hydrogen (secondary N) is 2. The lowest BCUT2D eigenvalue weighted by molar-refractivity contribution is 0.232. The number of nitrogens with zero attached hydrogens (tertiary/aromatic N) is 2. The smallest absolute Gasteiger partial charge is 0.230 e. The minimum atomic E-state index is 0.0996. The molecule has 1 aliphatic heterocycles. The van der Waals surface area contributed by atoms with Gasteiger partial charge in [0, 0.05) is 30.2 Å². The maximum Gasteiger partial charge on any atom is 0.230 e. The van der Waals surface area contributed by atoms with Gasteiger partial charge in [0.1, 0.15) is 0 Å². The van der Waals surface area contributed by atoms with E-state index in [4.69, 9.17) is 4.74 Å². The van der Waals surface area contributed by atoms with E-state index in [0.717, 1.165) is 18.7 Å². The Bertz CT molecular complexity index is 627. The van der Waals surface area contributed by atoms with E-state index in [-0.39, 0.29) is 6.10 Å². The van der Waals surface area contributed by atoms with Crippen LogP contribution in [0.1, 0.15) is 25.8 Å². The molecular weight excluding hydrogens is 264 g/mol. The third-order valence-corrected chi connectivity index (χ3v) is 3.29. The maximum atomic E-state index is 5.58. The number of hydrogen-bond acceptors (Lipinski definition) is 5. The number of hydrogen-bond donors (Lipinski definition) is 2. The SMILES string of the molecule is CC(C)Oc1ccnc(Nc2ccc3c(c2)CCCN3)n1. The largest absolute Gasteiger partial charge is 0.475 e. The predicted octanol–water partition coefficient (Wildman–Crippen LogP) is 3.37. The van der Waals surface area contributed by atoms with Crippen molar-refractivity contribution >= 4 is 17.3 Å². The van der Waals surface area contributed by atoms with E-state index in [2.05, 4.69) is 32.7 Å². The van der Waals surface area contributed by atoms with Gasteiger partial charge in [-0.05, 0) is 50.5 Å². The third kappa shape index (κ3) is 3.42. The topological polar surface area (TPSA) is 59.1 Å². The summed E-state index contributed by atoms with van der Waals surface area (Å²) in [7, 11) is 0. The Labute approximate surface area is 124 Å². The van der Waals surface area contributed by atoms with Crippen molar-refractivity contribution in [3.63, 3.8) is 0 Å². The van der Waals surface area contributed by atoms with Gasteiger partial charge in [0.05, 0.1) is 6.10 Å². The van der Waals surface area contributed by atoms with E-state index in [9.17, 15) is 0 Å². The number of rotatable bonds is 4. The monoisotopic (exact) mass is 284 g/mol. The Hall–Kier alpha value is -2.30. The van der Waals surface area contributed by atoms with Crippen molar-refractivity contribution in [2.24, 2.45) is 0 Å². The molecule has 1 aromatic heterocycles. The van der Waals surface area contributed by atoms with Gasteiger partial charge in [-0.2, -0.15) is 4.98 Å². The third-order valence-electron chi connectivity index (χ3n) is 3.29. The molecule has 0 radical (unpaired) electrons. The Kier molecular flexibility index (Phi) is 3.90. The van der Waals surface area contributed by atoms with Crippen molar-refractivity contribution < 1.29 is 4.74 Å². The number of ether oxygens (including phenoxy) is 1. The molecule has 0 bridgehead atoms. The molecule has 1 aliphatic rings. The van der Waals surface area contributed by atoms with Crippen LogP contribution in [0.2, 0.25) is 0 Å². The van der Waals surface area contributed by atoms with Gasteiger partial charge in [0.25, 0.3) is 0 Å². The van der Waals surface area contributed by atoms with Gasteiger partial charge < -0.3 is 15.4 Å². The zero-order valence-electron chi connectivity index (χ0n) is 12.4. The summed E-state index contributed by atoms with van der Waals surface area (Å²) >= 11 is 0.